The Kier molecular flexibility index (Phi) is 0.557. The van der Waals surface area contributed by atoms with E-state index < -0.39 is 0 Å². The number of rotatable bonds is 0. The molecule has 2 nitrogen and oxygen atoms in total. The fourth-order valence-corrected chi connectivity index (χ4v) is 1.47. The van der Waals surface area contributed by atoms with Gasteiger partial charge in [0, 0.05) is 6.04 Å². The minimum Gasteiger partial charge on any atom is -0.327 e. The predicted octanol–water partition coefficient (Wildman–Crippen LogP) is -0.837. The molecule has 0 aromatic rings. The summed E-state index contributed by atoms with van der Waals surface area (Å²) in [6.07, 6.45) is 0. The monoisotopic (exact) mass is 98.1 g/mol. The summed E-state index contributed by atoms with van der Waals surface area (Å²) in [5.41, 5.74) is 5.63. The van der Waals surface area contributed by atoms with Gasteiger partial charge in [-0.15, -0.1) is 0 Å². The van der Waals surface area contributed by atoms with Gasteiger partial charge in [0.25, 0.3) is 0 Å². The predicted molar refractivity (Wildman–Crippen MR) is 27.8 cm³/mol. The van der Waals surface area contributed by atoms with Crippen molar-refractivity contribution in [1.29, 1.82) is 0 Å². The lowest BCUT2D eigenvalue weighted by atomic mass is 10.4. The lowest BCUT2D eigenvalue weighted by Gasteiger charge is -1.94. The number of piperidine rings is 1. The second kappa shape index (κ2) is 1.01. The van der Waals surface area contributed by atoms with Gasteiger partial charge in [-0.1, -0.05) is 0 Å². The van der Waals surface area contributed by atoms with E-state index in [1.165, 1.54) is 13.1 Å². The zero-order valence-corrected chi connectivity index (χ0v) is 4.22. The van der Waals surface area contributed by atoms with Gasteiger partial charge in [-0.05, 0) is 24.9 Å². The zero-order valence-electron chi connectivity index (χ0n) is 4.22. The quantitative estimate of drug-likeness (QED) is 0.414. The Bertz CT molecular complexity index is 82.1. The molecule has 2 rings (SSSR count). The molecule has 0 radical (unpaired) electrons. The summed E-state index contributed by atoms with van der Waals surface area (Å²) in [6.45, 7) is 2.34. The highest BCUT2D eigenvalue weighted by Crippen LogP contribution is 2.39. The van der Waals surface area contributed by atoms with Crippen molar-refractivity contribution >= 4 is 0 Å². The van der Waals surface area contributed by atoms with Gasteiger partial charge >= 0.3 is 0 Å². The van der Waals surface area contributed by atoms with Crippen molar-refractivity contribution in [2.75, 3.05) is 13.1 Å². The Hall–Kier alpha value is -0.0800. The first kappa shape index (κ1) is 3.87. The van der Waals surface area contributed by atoms with Crippen LogP contribution in [0.1, 0.15) is 0 Å². The second-order valence-corrected chi connectivity index (χ2v) is 2.56. The van der Waals surface area contributed by atoms with E-state index in [0.717, 1.165) is 11.8 Å². The highest BCUT2D eigenvalue weighted by atomic mass is 15.0. The summed E-state index contributed by atoms with van der Waals surface area (Å²) in [7, 11) is 0. The fraction of sp³-hybridized carbons (Fsp3) is 1.00. The molecule has 1 heterocycles. The Morgan fingerprint density at radius 2 is 1.86 bits per heavy atom. The first-order valence-corrected chi connectivity index (χ1v) is 2.86. The van der Waals surface area contributed by atoms with Crippen LogP contribution in [-0.2, 0) is 0 Å². The lowest BCUT2D eigenvalue weighted by molar-refractivity contribution is 0.677. The second-order valence-electron chi connectivity index (χ2n) is 2.56. The van der Waals surface area contributed by atoms with E-state index >= 15 is 0 Å². The van der Waals surface area contributed by atoms with Crippen LogP contribution in [0.2, 0.25) is 0 Å². The van der Waals surface area contributed by atoms with Crippen LogP contribution in [0.15, 0.2) is 0 Å². The molecule has 2 heteroatoms. The molecule has 0 aromatic carbocycles. The highest BCUT2D eigenvalue weighted by Gasteiger charge is 2.50. The van der Waals surface area contributed by atoms with Crippen LogP contribution in [0, 0.1) is 11.8 Å². The molecule has 1 saturated heterocycles. The number of hydrogen-bond acceptors (Lipinski definition) is 2. The summed E-state index contributed by atoms with van der Waals surface area (Å²) in [4.78, 5) is 0. The van der Waals surface area contributed by atoms with E-state index in [2.05, 4.69) is 5.32 Å². The third-order valence-corrected chi connectivity index (χ3v) is 2.16. The summed E-state index contributed by atoms with van der Waals surface area (Å²) in [5, 5.41) is 3.27. The van der Waals surface area contributed by atoms with Gasteiger partial charge in [-0.2, -0.15) is 0 Å². The van der Waals surface area contributed by atoms with Crippen molar-refractivity contribution in [3.8, 4) is 0 Å². The molecule has 2 aliphatic rings. The Morgan fingerprint density at radius 3 is 2.14 bits per heavy atom. The van der Waals surface area contributed by atoms with Crippen LogP contribution in [0.25, 0.3) is 0 Å². The fourth-order valence-electron chi connectivity index (χ4n) is 1.47. The molecule has 40 valence electrons. The van der Waals surface area contributed by atoms with Crippen molar-refractivity contribution in [1.82, 2.24) is 5.32 Å². The van der Waals surface area contributed by atoms with Crippen molar-refractivity contribution in [3.05, 3.63) is 0 Å². The molecule has 1 aliphatic heterocycles. The SMILES string of the molecule is N[C@@H]1[C@H]2CNC[C@@H]12. The van der Waals surface area contributed by atoms with Gasteiger partial charge in [-0.3, -0.25) is 0 Å². The molecule has 0 aromatic heterocycles. The van der Waals surface area contributed by atoms with Crippen LogP contribution < -0.4 is 11.1 Å². The molecule has 0 unspecified atom stereocenters. The molecule has 7 heavy (non-hydrogen) atoms. The largest absolute Gasteiger partial charge is 0.327 e. The van der Waals surface area contributed by atoms with Gasteiger partial charge < -0.3 is 11.1 Å². The topological polar surface area (TPSA) is 38.0 Å². The first-order chi connectivity index (χ1) is 3.39. The minimum absolute atomic E-state index is 0.557. The van der Waals surface area contributed by atoms with Gasteiger partial charge in [0.1, 0.15) is 0 Å². The molecule has 2 fully saturated rings. The van der Waals surface area contributed by atoms with Crippen LogP contribution in [0.3, 0.4) is 0 Å². The molecule has 1 aliphatic carbocycles. The minimum atomic E-state index is 0.557. The van der Waals surface area contributed by atoms with E-state index in [9.17, 15) is 0 Å². The number of nitrogens with two attached hydrogens (primary N) is 1. The van der Waals surface area contributed by atoms with Gasteiger partial charge in [0.15, 0.2) is 0 Å². The molecule has 3 N–H and O–H groups in total. The van der Waals surface area contributed by atoms with Gasteiger partial charge in [-0.25, -0.2) is 0 Å². The van der Waals surface area contributed by atoms with Crippen LogP contribution >= 0.6 is 0 Å². The molecule has 0 bridgehead atoms. The molecule has 0 spiro atoms. The maximum absolute atomic E-state index is 5.63. The first-order valence-electron chi connectivity index (χ1n) is 2.86. The molecular formula is C5H10N2. The summed E-state index contributed by atoms with van der Waals surface area (Å²) in [5.74, 6) is 1.69. The van der Waals surface area contributed by atoms with E-state index in [1.54, 1.807) is 0 Å². The highest BCUT2D eigenvalue weighted by molar-refractivity contribution is 5.07. The average Bonchev–Trinajstić information content (AvgIpc) is 2.26. The Balaban J connectivity index is 2.06. The average molecular weight is 98.1 g/mol. The summed E-state index contributed by atoms with van der Waals surface area (Å²) < 4.78 is 0. The summed E-state index contributed by atoms with van der Waals surface area (Å²) >= 11 is 0. The third kappa shape index (κ3) is 0.359. The number of nitrogens with one attached hydrogen (secondary N) is 1. The molecule has 1 saturated carbocycles. The molecular weight excluding hydrogens is 88.1 g/mol. The standard InChI is InChI=1S/C5H10N2/c6-5-3-1-7-2-4(3)5/h3-5,7H,1-2,6H2/t3-,4+,5+. The van der Waals surface area contributed by atoms with Crippen LogP contribution in [0.4, 0.5) is 0 Å². The van der Waals surface area contributed by atoms with E-state index in [4.69, 9.17) is 5.73 Å². The number of fused-ring (bicyclic) bond motifs is 1. The Morgan fingerprint density at radius 1 is 1.29 bits per heavy atom. The van der Waals surface area contributed by atoms with Crippen LogP contribution in [-0.4, -0.2) is 19.1 Å². The van der Waals surface area contributed by atoms with Gasteiger partial charge in [0.05, 0.1) is 0 Å². The van der Waals surface area contributed by atoms with Crippen molar-refractivity contribution in [2.45, 2.75) is 6.04 Å². The van der Waals surface area contributed by atoms with Gasteiger partial charge in [0.2, 0.25) is 0 Å². The molecule has 0 amide bonds. The summed E-state index contributed by atoms with van der Waals surface area (Å²) in [6, 6.07) is 0.557. The van der Waals surface area contributed by atoms with E-state index in [1.807, 2.05) is 0 Å². The van der Waals surface area contributed by atoms with E-state index in [-0.39, 0.29) is 0 Å². The maximum atomic E-state index is 5.63. The molecule has 3 atom stereocenters. The van der Waals surface area contributed by atoms with E-state index in [0.29, 0.717) is 6.04 Å². The number of hydrogen-bond donors (Lipinski definition) is 2. The van der Waals surface area contributed by atoms with Crippen molar-refractivity contribution in [3.63, 3.8) is 0 Å². The van der Waals surface area contributed by atoms with Crippen LogP contribution in [0.5, 0.6) is 0 Å². The zero-order chi connectivity index (χ0) is 4.85. The normalized spacial score (nSPS) is 57.0. The maximum Gasteiger partial charge on any atom is 0.0127 e. The smallest absolute Gasteiger partial charge is 0.0127 e. The third-order valence-electron chi connectivity index (χ3n) is 2.16. The van der Waals surface area contributed by atoms with Crippen molar-refractivity contribution < 1.29 is 0 Å². The lowest BCUT2D eigenvalue weighted by Crippen LogP contribution is -2.21. The Labute approximate surface area is 43.1 Å². The van der Waals surface area contributed by atoms with Crippen molar-refractivity contribution in [2.24, 2.45) is 17.6 Å².